The number of nitrogens with one attached hydrogen (secondary N) is 1. The van der Waals surface area contributed by atoms with E-state index in [1.807, 2.05) is 6.07 Å². The number of carbonyl (C=O) groups excluding carboxylic acids is 1. The van der Waals surface area contributed by atoms with Gasteiger partial charge in [0.25, 0.3) is 0 Å². The van der Waals surface area contributed by atoms with Crippen molar-refractivity contribution < 1.29 is 23.8 Å². The summed E-state index contributed by atoms with van der Waals surface area (Å²) in [4.78, 5) is 22.4. The summed E-state index contributed by atoms with van der Waals surface area (Å²) < 4.78 is 18.5. The Balaban J connectivity index is 2.02. The summed E-state index contributed by atoms with van der Waals surface area (Å²) in [6, 6.07) is 10.7. The molecule has 0 heterocycles. The van der Waals surface area contributed by atoms with Crippen LogP contribution in [0, 0.1) is 5.82 Å². The van der Waals surface area contributed by atoms with E-state index in [1.54, 1.807) is 24.3 Å². The van der Waals surface area contributed by atoms with Crippen molar-refractivity contribution in [1.82, 2.24) is 0 Å². The van der Waals surface area contributed by atoms with E-state index in [2.05, 4.69) is 5.32 Å². The van der Waals surface area contributed by atoms with E-state index >= 15 is 0 Å². The highest BCUT2D eigenvalue weighted by molar-refractivity contribution is 6.34. The van der Waals surface area contributed by atoms with Crippen molar-refractivity contribution in [3.63, 3.8) is 0 Å². The molecular weight excluding hydrogens is 313 g/mol. The number of carbonyl (C=O) groups is 2. The Hall–Kier alpha value is -2.60. The molecule has 22 heavy (non-hydrogen) atoms. The van der Waals surface area contributed by atoms with Gasteiger partial charge in [-0.3, -0.25) is 5.32 Å². The van der Waals surface area contributed by atoms with Crippen molar-refractivity contribution in [3.05, 3.63) is 64.4 Å². The lowest BCUT2D eigenvalue weighted by Gasteiger charge is -2.09. The Kier molecular flexibility index (Phi) is 4.95. The number of carboxylic acid groups (broad SMARTS) is 1. The van der Waals surface area contributed by atoms with Crippen LogP contribution in [-0.4, -0.2) is 17.2 Å². The zero-order valence-corrected chi connectivity index (χ0v) is 11.9. The van der Waals surface area contributed by atoms with Gasteiger partial charge in [0, 0.05) is 0 Å². The fraction of sp³-hybridized carbons (Fsp3) is 0.0667. The number of carboxylic acids is 1. The standard InChI is InChI=1S/C15H11ClFNO4/c16-11-6-10(14(19)20)12(17)7-13(11)18-15(21)22-8-9-4-2-1-3-5-9/h1-7H,8H2,(H,18,21)(H,19,20). The maximum Gasteiger partial charge on any atom is 0.412 e. The third kappa shape index (κ3) is 3.95. The zero-order valence-electron chi connectivity index (χ0n) is 11.2. The van der Waals surface area contributed by atoms with Gasteiger partial charge in [0.1, 0.15) is 12.4 Å². The Bertz CT molecular complexity index is 706. The van der Waals surface area contributed by atoms with E-state index in [9.17, 15) is 14.0 Å². The van der Waals surface area contributed by atoms with Crippen molar-refractivity contribution >= 4 is 29.4 Å². The molecule has 2 rings (SSSR count). The number of benzene rings is 2. The molecule has 0 saturated carbocycles. The number of anilines is 1. The zero-order chi connectivity index (χ0) is 16.1. The van der Waals surface area contributed by atoms with Gasteiger partial charge in [0.05, 0.1) is 16.3 Å². The first-order valence-corrected chi connectivity index (χ1v) is 6.55. The minimum atomic E-state index is -1.45. The lowest BCUT2D eigenvalue weighted by molar-refractivity contribution is 0.0692. The SMILES string of the molecule is O=C(Nc1cc(F)c(C(=O)O)cc1Cl)OCc1ccccc1. The second-order valence-electron chi connectivity index (χ2n) is 4.30. The molecule has 0 bridgehead atoms. The van der Waals surface area contributed by atoms with E-state index in [-0.39, 0.29) is 17.3 Å². The molecule has 1 amide bonds. The fourth-order valence-corrected chi connectivity index (χ4v) is 1.89. The average molecular weight is 324 g/mol. The molecule has 114 valence electrons. The van der Waals surface area contributed by atoms with Gasteiger partial charge in [-0.15, -0.1) is 0 Å². The van der Waals surface area contributed by atoms with Crippen LogP contribution in [0.2, 0.25) is 5.02 Å². The lowest BCUT2D eigenvalue weighted by atomic mass is 10.2. The molecule has 0 saturated heterocycles. The summed E-state index contributed by atoms with van der Waals surface area (Å²) in [5.41, 5.74) is 0.145. The van der Waals surface area contributed by atoms with Crippen molar-refractivity contribution in [2.24, 2.45) is 0 Å². The molecule has 0 spiro atoms. The van der Waals surface area contributed by atoms with Crippen LogP contribution in [0.4, 0.5) is 14.9 Å². The maximum absolute atomic E-state index is 13.6. The Morgan fingerprint density at radius 1 is 1.23 bits per heavy atom. The highest BCUT2D eigenvalue weighted by Gasteiger charge is 2.16. The molecule has 2 N–H and O–H groups in total. The Morgan fingerprint density at radius 3 is 2.55 bits per heavy atom. The highest BCUT2D eigenvalue weighted by Crippen LogP contribution is 2.25. The summed E-state index contributed by atoms with van der Waals surface area (Å²) in [5, 5.41) is 10.9. The Labute approximate surface area is 130 Å². The monoisotopic (exact) mass is 323 g/mol. The number of hydrogen-bond acceptors (Lipinski definition) is 3. The first kappa shape index (κ1) is 15.8. The topological polar surface area (TPSA) is 75.6 Å². The summed E-state index contributed by atoms with van der Waals surface area (Å²) >= 11 is 5.81. The van der Waals surface area contributed by atoms with Gasteiger partial charge in [-0.05, 0) is 17.7 Å². The quantitative estimate of drug-likeness (QED) is 0.894. The van der Waals surface area contributed by atoms with Crippen molar-refractivity contribution in [1.29, 1.82) is 0 Å². The van der Waals surface area contributed by atoms with Crippen LogP contribution in [0.25, 0.3) is 0 Å². The molecule has 0 fully saturated rings. The van der Waals surface area contributed by atoms with Gasteiger partial charge < -0.3 is 9.84 Å². The molecule has 2 aromatic rings. The van der Waals surface area contributed by atoms with Crippen molar-refractivity contribution in [3.8, 4) is 0 Å². The second kappa shape index (κ2) is 6.91. The molecule has 0 aliphatic heterocycles. The number of ether oxygens (including phenoxy) is 1. The maximum atomic E-state index is 13.6. The molecule has 0 aromatic heterocycles. The van der Waals surface area contributed by atoms with Crippen LogP contribution < -0.4 is 5.32 Å². The van der Waals surface area contributed by atoms with Crippen LogP contribution in [0.1, 0.15) is 15.9 Å². The molecule has 2 aromatic carbocycles. The summed E-state index contributed by atoms with van der Waals surface area (Å²) in [7, 11) is 0. The van der Waals surface area contributed by atoms with Gasteiger partial charge in [-0.25, -0.2) is 14.0 Å². The van der Waals surface area contributed by atoms with Crippen LogP contribution in [-0.2, 0) is 11.3 Å². The van der Waals surface area contributed by atoms with Crippen LogP contribution in [0.15, 0.2) is 42.5 Å². The van der Waals surface area contributed by atoms with Gasteiger partial charge >= 0.3 is 12.1 Å². The number of amides is 1. The molecule has 7 heteroatoms. The van der Waals surface area contributed by atoms with Crippen molar-refractivity contribution in [2.45, 2.75) is 6.61 Å². The fourth-order valence-electron chi connectivity index (χ4n) is 1.68. The minimum Gasteiger partial charge on any atom is -0.478 e. The van der Waals surface area contributed by atoms with E-state index in [1.165, 1.54) is 0 Å². The minimum absolute atomic E-state index is 0.0417. The van der Waals surface area contributed by atoms with E-state index in [0.717, 1.165) is 17.7 Å². The largest absolute Gasteiger partial charge is 0.478 e. The molecule has 0 unspecified atom stereocenters. The molecule has 0 aliphatic rings. The molecule has 0 radical (unpaired) electrons. The number of hydrogen-bond donors (Lipinski definition) is 2. The third-order valence-corrected chi connectivity index (χ3v) is 3.05. The number of rotatable bonds is 4. The predicted molar refractivity (Wildman–Crippen MR) is 78.6 cm³/mol. The number of aromatic carboxylic acids is 1. The smallest absolute Gasteiger partial charge is 0.412 e. The molecular formula is C15H11ClFNO4. The summed E-state index contributed by atoms with van der Waals surface area (Å²) in [6.45, 7) is 0.0417. The van der Waals surface area contributed by atoms with E-state index in [0.29, 0.717) is 0 Å². The second-order valence-corrected chi connectivity index (χ2v) is 4.71. The van der Waals surface area contributed by atoms with Crippen LogP contribution >= 0.6 is 11.6 Å². The van der Waals surface area contributed by atoms with Crippen LogP contribution in [0.5, 0.6) is 0 Å². The Morgan fingerprint density at radius 2 is 1.91 bits per heavy atom. The predicted octanol–water partition coefficient (Wildman–Crippen LogP) is 3.93. The lowest BCUT2D eigenvalue weighted by Crippen LogP contribution is -2.14. The molecule has 0 atom stereocenters. The first-order chi connectivity index (χ1) is 10.5. The third-order valence-electron chi connectivity index (χ3n) is 2.74. The summed E-state index contributed by atoms with van der Waals surface area (Å²) in [5.74, 6) is -2.45. The van der Waals surface area contributed by atoms with Crippen LogP contribution in [0.3, 0.4) is 0 Å². The van der Waals surface area contributed by atoms with Crippen molar-refractivity contribution in [2.75, 3.05) is 5.32 Å². The normalized spacial score (nSPS) is 10.1. The first-order valence-electron chi connectivity index (χ1n) is 6.17. The van der Waals surface area contributed by atoms with Gasteiger partial charge in [0.15, 0.2) is 0 Å². The molecule has 0 aliphatic carbocycles. The average Bonchev–Trinajstić information content (AvgIpc) is 2.49. The summed E-state index contributed by atoms with van der Waals surface area (Å²) in [6.07, 6.45) is -0.826. The van der Waals surface area contributed by atoms with E-state index < -0.39 is 23.4 Å². The number of halogens is 2. The molecule has 5 nitrogen and oxygen atoms in total. The van der Waals surface area contributed by atoms with Gasteiger partial charge in [0.2, 0.25) is 0 Å². The van der Waals surface area contributed by atoms with E-state index in [4.69, 9.17) is 21.4 Å². The highest BCUT2D eigenvalue weighted by atomic mass is 35.5. The van der Waals surface area contributed by atoms with Gasteiger partial charge in [-0.2, -0.15) is 0 Å². The van der Waals surface area contributed by atoms with Gasteiger partial charge in [-0.1, -0.05) is 41.9 Å².